The number of likely N-dealkylation sites (tertiary alicyclic amines) is 1. The van der Waals surface area contributed by atoms with E-state index in [1.54, 1.807) is 0 Å². The van der Waals surface area contributed by atoms with Crippen molar-refractivity contribution in [3.63, 3.8) is 0 Å². The Kier molecular flexibility index (Phi) is 3.79. The standard InChI is InChI=1S/C15H21N/c1-3-14-7-6-8-15(11-14)13(2)12-16-9-4-5-10-16/h3,6-8,11,13H,1,4-5,9-10,12H2,2H3. The van der Waals surface area contributed by atoms with Crippen LogP contribution in [0.2, 0.25) is 0 Å². The van der Waals surface area contributed by atoms with Gasteiger partial charge in [-0.25, -0.2) is 0 Å². The first-order valence-electron chi connectivity index (χ1n) is 6.24. The Bertz CT molecular complexity index is 350. The Morgan fingerprint density at radius 2 is 2.12 bits per heavy atom. The molecule has 1 nitrogen and oxygen atoms in total. The van der Waals surface area contributed by atoms with Crippen LogP contribution in [0.3, 0.4) is 0 Å². The van der Waals surface area contributed by atoms with Crippen molar-refractivity contribution in [3.8, 4) is 0 Å². The monoisotopic (exact) mass is 215 g/mol. The maximum Gasteiger partial charge on any atom is 0.00476 e. The third-order valence-corrected chi connectivity index (χ3v) is 3.45. The highest BCUT2D eigenvalue weighted by atomic mass is 15.1. The molecule has 1 aromatic rings. The number of hydrogen-bond acceptors (Lipinski definition) is 1. The zero-order valence-electron chi connectivity index (χ0n) is 10.2. The molecule has 0 amide bonds. The lowest BCUT2D eigenvalue weighted by Crippen LogP contribution is -2.24. The van der Waals surface area contributed by atoms with Gasteiger partial charge >= 0.3 is 0 Å². The molecule has 86 valence electrons. The Labute approximate surface area is 98.8 Å². The van der Waals surface area contributed by atoms with E-state index in [9.17, 15) is 0 Å². The fourth-order valence-corrected chi connectivity index (χ4v) is 2.45. The van der Waals surface area contributed by atoms with E-state index in [1.807, 2.05) is 6.08 Å². The predicted octanol–water partition coefficient (Wildman–Crippen LogP) is 3.53. The summed E-state index contributed by atoms with van der Waals surface area (Å²) in [6, 6.07) is 8.73. The molecule has 0 saturated carbocycles. The number of nitrogens with zero attached hydrogens (tertiary/aromatic N) is 1. The summed E-state index contributed by atoms with van der Waals surface area (Å²) in [5, 5.41) is 0. The van der Waals surface area contributed by atoms with Crippen molar-refractivity contribution in [2.45, 2.75) is 25.7 Å². The number of benzene rings is 1. The van der Waals surface area contributed by atoms with E-state index in [-0.39, 0.29) is 0 Å². The molecule has 1 heterocycles. The first kappa shape index (κ1) is 11.4. The van der Waals surface area contributed by atoms with E-state index >= 15 is 0 Å². The minimum atomic E-state index is 0.623. The molecule has 0 spiro atoms. The van der Waals surface area contributed by atoms with Gasteiger partial charge < -0.3 is 4.90 Å². The summed E-state index contributed by atoms with van der Waals surface area (Å²) in [6.45, 7) is 9.91. The fraction of sp³-hybridized carbons (Fsp3) is 0.467. The summed E-state index contributed by atoms with van der Waals surface area (Å²) in [5.41, 5.74) is 2.66. The highest BCUT2D eigenvalue weighted by Gasteiger charge is 2.15. The molecule has 0 bridgehead atoms. The quantitative estimate of drug-likeness (QED) is 0.742. The summed E-state index contributed by atoms with van der Waals surface area (Å²) in [4.78, 5) is 2.57. The van der Waals surface area contributed by atoms with Crippen molar-refractivity contribution in [2.75, 3.05) is 19.6 Å². The first-order valence-corrected chi connectivity index (χ1v) is 6.24. The van der Waals surface area contributed by atoms with Crippen LogP contribution in [0.4, 0.5) is 0 Å². The second-order valence-electron chi connectivity index (χ2n) is 4.78. The summed E-state index contributed by atoms with van der Waals surface area (Å²) in [5.74, 6) is 0.623. The molecule has 1 aromatic carbocycles. The fourth-order valence-electron chi connectivity index (χ4n) is 2.45. The lowest BCUT2D eigenvalue weighted by molar-refractivity contribution is 0.320. The van der Waals surface area contributed by atoms with Crippen LogP contribution in [-0.2, 0) is 0 Å². The SMILES string of the molecule is C=Cc1cccc(C(C)CN2CCCC2)c1. The number of hydrogen-bond donors (Lipinski definition) is 0. The minimum absolute atomic E-state index is 0.623. The van der Waals surface area contributed by atoms with Gasteiger partial charge in [0, 0.05) is 6.54 Å². The van der Waals surface area contributed by atoms with E-state index < -0.39 is 0 Å². The Morgan fingerprint density at radius 3 is 2.81 bits per heavy atom. The summed E-state index contributed by atoms with van der Waals surface area (Å²) >= 11 is 0. The molecule has 1 unspecified atom stereocenters. The van der Waals surface area contributed by atoms with Gasteiger partial charge in [0.2, 0.25) is 0 Å². The smallest absolute Gasteiger partial charge is 0.00476 e. The van der Waals surface area contributed by atoms with E-state index in [4.69, 9.17) is 0 Å². The molecule has 1 aliphatic rings. The van der Waals surface area contributed by atoms with Crippen LogP contribution in [0.1, 0.15) is 36.8 Å². The first-order chi connectivity index (χ1) is 7.79. The minimum Gasteiger partial charge on any atom is -0.303 e. The Hall–Kier alpha value is -1.08. The number of rotatable bonds is 4. The van der Waals surface area contributed by atoms with E-state index in [0.29, 0.717) is 5.92 Å². The maximum absolute atomic E-state index is 3.82. The molecule has 16 heavy (non-hydrogen) atoms. The highest BCUT2D eigenvalue weighted by Crippen LogP contribution is 2.20. The van der Waals surface area contributed by atoms with Crippen LogP contribution in [0, 0.1) is 0 Å². The van der Waals surface area contributed by atoms with Crippen LogP contribution in [0.5, 0.6) is 0 Å². The van der Waals surface area contributed by atoms with E-state index in [0.717, 1.165) is 0 Å². The van der Waals surface area contributed by atoms with E-state index in [1.165, 1.54) is 43.6 Å². The summed E-state index contributed by atoms with van der Waals surface area (Å²) < 4.78 is 0. The molecule has 1 fully saturated rings. The van der Waals surface area contributed by atoms with Gasteiger partial charge in [-0.2, -0.15) is 0 Å². The average molecular weight is 215 g/mol. The third-order valence-electron chi connectivity index (χ3n) is 3.45. The Balaban J connectivity index is 2.01. The molecular formula is C15H21N. The lowest BCUT2D eigenvalue weighted by Gasteiger charge is -2.20. The van der Waals surface area contributed by atoms with Crippen molar-refractivity contribution >= 4 is 6.08 Å². The van der Waals surface area contributed by atoms with Crippen molar-refractivity contribution < 1.29 is 0 Å². The third kappa shape index (κ3) is 2.73. The zero-order chi connectivity index (χ0) is 11.4. The average Bonchev–Trinajstić information content (AvgIpc) is 2.82. The molecule has 0 N–H and O–H groups in total. The molecular weight excluding hydrogens is 194 g/mol. The summed E-state index contributed by atoms with van der Waals surface area (Å²) in [7, 11) is 0. The van der Waals surface area contributed by atoms with Crippen LogP contribution in [-0.4, -0.2) is 24.5 Å². The van der Waals surface area contributed by atoms with Crippen LogP contribution in [0.15, 0.2) is 30.8 Å². The van der Waals surface area contributed by atoms with Gasteiger partial charge in [0.05, 0.1) is 0 Å². The molecule has 1 saturated heterocycles. The van der Waals surface area contributed by atoms with Gasteiger partial charge in [-0.05, 0) is 43.0 Å². The van der Waals surface area contributed by atoms with Crippen molar-refractivity contribution in [1.29, 1.82) is 0 Å². The van der Waals surface area contributed by atoms with Crippen LogP contribution >= 0.6 is 0 Å². The summed E-state index contributed by atoms with van der Waals surface area (Å²) in [6.07, 6.45) is 4.67. The lowest BCUT2D eigenvalue weighted by atomic mass is 9.98. The molecule has 0 radical (unpaired) electrons. The van der Waals surface area contributed by atoms with Gasteiger partial charge in [0.15, 0.2) is 0 Å². The van der Waals surface area contributed by atoms with Crippen LogP contribution in [0.25, 0.3) is 6.08 Å². The molecule has 0 aromatic heterocycles. The van der Waals surface area contributed by atoms with Crippen molar-refractivity contribution in [1.82, 2.24) is 4.90 Å². The largest absolute Gasteiger partial charge is 0.303 e. The van der Waals surface area contributed by atoms with Crippen molar-refractivity contribution in [3.05, 3.63) is 42.0 Å². The highest BCUT2D eigenvalue weighted by molar-refractivity contribution is 5.48. The van der Waals surface area contributed by atoms with Gasteiger partial charge in [-0.15, -0.1) is 0 Å². The van der Waals surface area contributed by atoms with Gasteiger partial charge in [0.25, 0.3) is 0 Å². The molecule has 2 rings (SSSR count). The Morgan fingerprint density at radius 1 is 1.38 bits per heavy atom. The van der Waals surface area contributed by atoms with Gasteiger partial charge in [-0.3, -0.25) is 0 Å². The second kappa shape index (κ2) is 5.31. The van der Waals surface area contributed by atoms with Gasteiger partial charge in [-0.1, -0.05) is 43.8 Å². The van der Waals surface area contributed by atoms with Gasteiger partial charge in [0.1, 0.15) is 0 Å². The zero-order valence-corrected chi connectivity index (χ0v) is 10.2. The van der Waals surface area contributed by atoms with Crippen molar-refractivity contribution in [2.24, 2.45) is 0 Å². The predicted molar refractivity (Wildman–Crippen MR) is 70.6 cm³/mol. The molecule has 1 aliphatic heterocycles. The normalized spacial score (nSPS) is 18.6. The maximum atomic E-state index is 3.82. The molecule has 1 heteroatoms. The molecule has 0 aliphatic carbocycles. The topological polar surface area (TPSA) is 3.24 Å². The second-order valence-corrected chi connectivity index (χ2v) is 4.78. The van der Waals surface area contributed by atoms with E-state index in [2.05, 4.69) is 42.7 Å². The molecule has 1 atom stereocenters. The van der Waals surface area contributed by atoms with Crippen LogP contribution < -0.4 is 0 Å².